The van der Waals surface area contributed by atoms with E-state index in [1.807, 2.05) is 31.2 Å². The summed E-state index contributed by atoms with van der Waals surface area (Å²) in [6.45, 7) is 3.72. The standard InChI is InChI=1S/C18H18BrNO2/c1-12-8-10-14(11-9-12)17(21)13(2)20(3)18(22)15-6-4-5-7-16(15)19/h4-11,13H,1-3H3. The van der Waals surface area contributed by atoms with Crippen molar-refractivity contribution in [2.75, 3.05) is 7.05 Å². The smallest absolute Gasteiger partial charge is 0.255 e. The molecule has 1 unspecified atom stereocenters. The number of carbonyl (C=O) groups excluding carboxylic acids is 2. The summed E-state index contributed by atoms with van der Waals surface area (Å²) in [6.07, 6.45) is 0. The molecule has 2 rings (SSSR count). The van der Waals surface area contributed by atoms with Gasteiger partial charge in [0.1, 0.15) is 0 Å². The van der Waals surface area contributed by atoms with E-state index in [0.717, 1.165) is 10.0 Å². The molecule has 0 bridgehead atoms. The number of nitrogens with zero attached hydrogens (tertiary/aromatic N) is 1. The van der Waals surface area contributed by atoms with E-state index < -0.39 is 6.04 Å². The Kier molecular flexibility index (Phi) is 5.14. The van der Waals surface area contributed by atoms with Gasteiger partial charge in [-0.25, -0.2) is 0 Å². The number of halogens is 1. The average molecular weight is 360 g/mol. The second-order valence-corrected chi connectivity index (χ2v) is 6.16. The van der Waals surface area contributed by atoms with Crippen LogP contribution in [-0.4, -0.2) is 29.7 Å². The van der Waals surface area contributed by atoms with Gasteiger partial charge in [0.25, 0.3) is 5.91 Å². The normalized spacial score (nSPS) is 11.8. The zero-order valence-corrected chi connectivity index (χ0v) is 14.4. The maximum Gasteiger partial charge on any atom is 0.255 e. The molecular weight excluding hydrogens is 342 g/mol. The fourth-order valence-electron chi connectivity index (χ4n) is 2.14. The molecule has 2 aromatic carbocycles. The molecule has 114 valence electrons. The van der Waals surface area contributed by atoms with Crippen LogP contribution in [0, 0.1) is 6.92 Å². The molecule has 0 radical (unpaired) electrons. The number of Topliss-reactive ketones (excluding diaryl/α,β-unsaturated/α-hetero) is 1. The zero-order valence-electron chi connectivity index (χ0n) is 12.8. The Bertz CT molecular complexity index is 694. The topological polar surface area (TPSA) is 37.4 Å². The van der Waals surface area contributed by atoms with Crippen LogP contribution < -0.4 is 0 Å². The summed E-state index contributed by atoms with van der Waals surface area (Å²) in [7, 11) is 1.65. The van der Waals surface area contributed by atoms with E-state index in [9.17, 15) is 9.59 Å². The first-order valence-corrected chi connectivity index (χ1v) is 7.83. The van der Waals surface area contributed by atoms with Gasteiger partial charge in [-0.15, -0.1) is 0 Å². The molecule has 0 N–H and O–H groups in total. The zero-order chi connectivity index (χ0) is 16.3. The van der Waals surface area contributed by atoms with E-state index in [-0.39, 0.29) is 11.7 Å². The molecule has 1 atom stereocenters. The quantitative estimate of drug-likeness (QED) is 0.770. The minimum Gasteiger partial charge on any atom is -0.332 e. The molecule has 0 aliphatic carbocycles. The van der Waals surface area contributed by atoms with Crippen LogP contribution in [0.5, 0.6) is 0 Å². The maximum absolute atomic E-state index is 12.5. The van der Waals surface area contributed by atoms with Gasteiger partial charge in [0, 0.05) is 17.1 Å². The number of benzene rings is 2. The van der Waals surface area contributed by atoms with Crippen LogP contribution in [0.25, 0.3) is 0 Å². The number of ketones is 1. The third kappa shape index (κ3) is 3.45. The Morgan fingerprint density at radius 2 is 1.64 bits per heavy atom. The van der Waals surface area contributed by atoms with Gasteiger partial charge in [0.15, 0.2) is 5.78 Å². The van der Waals surface area contributed by atoms with Gasteiger partial charge in [-0.2, -0.15) is 0 Å². The number of hydrogen-bond donors (Lipinski definition) is 0. The van der Waals surface area contributed by atoms with Crippen molar-refractivity contribution in [3.8, 4) is 0 Å². The van der Waals surface area contributed by atoms with Gasteiger partial charge in [-0.1, -0.05) is 42.0 Å². The average Bonchev–Trinajstić information content (AvgIpc) is 2.53. The lowest BCUT2D eigenvalue weighted by molar-refractivity contribution is 0.0674. The summed E-state index contributed by atoms with van der Waals surface area (Å²) >= 11 is 3.37. The monoisotopic (exact) mass is 359 g/mol. The molecule has 0 aliphatic rings. The highest BCUT2D eigenvalue weighted by molar-refractivity contribution is 9.10. The van der Waals surface area contributed by atoms with E-state index in [1.165, 1.54) is 4.90 Å². The van der Waals surface area contributed by atoms with Crippen molar-refractivity contribution < 1.29 is 9.59 Å². The number of likely N-dealkylation sites (N-methyl/N-ethyl adjacent to an activating group) is 1. The highest BCUT2D eigenvalue weighted by atomic mass is 79.9. The fourth-order valence-corrected chi connectivity index (χ4v) is 2.59. The molecule has 0 saturated carbocycles. The molecule has 0 saturated heterocycles. The maximum atomic E-state index is 12.5. The van der Waals surface area contributed by atoms with Gasteiger partial charge in [0.2, 0.25) is 0 Å². The summed E-state index contributed by atoms with van der Waals surface area (Å²) in [4.78, 5) is 26.5. The van der Waals surface area contributed by atoms with Crippen LogP contribution in [0.15, 0.2) is 53.0 Å². The Hall–Kier alpha value is -1.94. The van der Waals surface area contributed by atoms with Crippen molar-refractivity contribution in [2.45, 2.75) is 19.9 Å². The van der Waals surface area contributed by atoms with Gasteiger partial charge in [-0.05, 0) is 41.9 Å². The summed E-state index contributed by atoms with van der Waals surface area (Å²) in [5, 5.41) is 0. The summed E-state index contributed by atoms with van der Waals surface area (Å²) < 4.78 is 0.724. The van der Waals surface area contributed by atoms with Crippen LogP contribution in [0.2, 0.25) is 0 Å². The van der Waals surface area contributed by atoms with E-state index in [0.29, 0.717) is 11.1 Å². The molecule has 1 amide bonds. The summed E-state index contributed by atoms with van der Waals surface area (Å²) in [5.74, 6) is -0.247. The largest absolute Gasteiger partial charge is 0.332 e. The van der Waals surface area contributed by atoms with Crippen LogP contribution in [-0.2, 0) is 0 Å². The van der Waals surface area contributed by atoms with E-state index >= 15 is 0 Å². The van der Waals surface area contributed by atoms with Crippen LogP contribution in [0.4, 0.5) is 0 Å². The van der Waals surface area contributed by atoms with E-state index in [4.69, 9.17) is 0 Å². The number of rotatable bonds is 4. The Balaban J connectivity index is 2.19. The Morgan fingerprint density at radius 3 is 2.23 bits per heavy atom. The Labute approximate surface area is 139 Å². The lowest BCUT2D eigenvalue weighted by Crippen LogP contribution is -2.40. The van der Waals surface area contributed by atoms with Crippen molar-refractivity contribution in [1.29, 1.82) is 0 Å². The van der Waals surface area contributed by atoms with E-state index in [2.05, 4.69) is 15.9 Å². The number of carbonyl (C=O) groups is 2. The lowest BCUT2D eigenvalue weighted by Gasteiger charge is -2.24. The molecule has 0 fully saturated rings. The molecule has 2 aromatic rings. The lowest BCUT2D eigenvalue weighted by atomic mass is 10.0. The molecule has 4 heteroatoms. The first kappa shape index (κ1) is 16.4. The molecule has 22 heavy (non-hydrogen) atoms. The molecular formula is C18H18BrNO2. The van der Waals surface area contributed by atoms with Crippen molar-refractivity contribution >= 4 is 27.6 Å². The summed E-state index contributed by atoms with van der Waals surface area (Å²) in [6, 6.07) is 14.1. The molecule has 3 nitrogen and oxygen atoms in total. The highest BCUT2D eigenvalue weighted by Crippen LogP contribution is 2.19. The minimum absolute atomic E-state index is 0.0668. The van der Waals surface area contributed by atoms with E-state index in [1.54, 1.807) is 38.2 Å². The minimum atomic E-state index is -0.526. The fraction of sp³-hybridized carbons (Fsp3) is 0.222. The van der Waals surface area contributed by atoms with Crippen molar-refractivity contribution in [3.05, 3.63) is 69.7 Å². The number of amides is 1. The highest BCUT2D eigenvalue weighted by Gasteiger charge is 2.25. The third-order valence-corrected chi connectivity index (χ3v) is 4.41. The predicted molar refractivity (Wildman–Crippen MR) is 91.2 cm³/mol. The number of aryl methyl sites for hydroxylation is 1. The first-order valence-electron chi connectivity index (χ1n) is 7.04. The van der Waals surface area contributed by atoms with Gasteiger partial charge >= 0.3 is 0 Å². The summed E-state index contributed by atoms with van der Waals surface area (Å²) in [5.41, 5.74) is 2.26. The van der Waals surface area contributed by atoms with Crippen molar-refractivity contribution in [1.82, 2.24) is 4.90 Å². The van der Waals surface area contributed by atoms with Crippen LogP contribution >= 0.6 is 15.9 Å². The molecule has 0 spiro atoms. The predicted octanol–water partition coefficient (Wildman–Crippen LogP) is 4.10. The van der Waals surface area contributed by atoms with Crippen LogP contribution in [0.3, 0.4) is 0 Å². The van der Waals surface area contributed by atoms with Gasteiger partial charge < -0.3 is 4.90 Å². The molecule has 0 heterocycles. The third-order valence-electron chi connectivity index (χ3n) is 3.72. The van der Waals surface area contributed by atoms with Crippen LogP contribution in [0.1, 0.15) is 33.2 Å². The second kappa shape index (κ2) is 6.88. The molecule has 0 aromatic heterocycles. The van der Waals surface area contributed by atoms with Crippen molar-refractivity contribution in [2.24, 2.45) is 0 Å². The SMILES string of the molecule is Cc1ccc(C(=O)C(C)N(C)C(=O)c2ccccc2Br)cc1. The molecule has 0 aliphatic heterocycles. The number of hydrogen-bond acceptors (Lipinski definition) is 2. The second-order valence-electron chi connectivity index (χ2n) is 5.30. The van der Waals surface area contributed by atoms with Crippen molar-refractivity contribution in [3.63, 3.8) is 0 Å². The van der Waals surface area contributed by atoms with Gasteiger partial charge in [0.05, 0.1) is 11.6 Å². The Morgan fingerprint density at radius 1 is 1.05 bits per heavy atom. The first-order chi connectivity index (χ1) is 10.4. The van der Waals surface area contributed by atoms with Gasteiger partial charge in [-0.3, -0.25) is 9.59 Å².